The van der Waals surface area contributed by atoms with Crippen LogP contribution in [0.25, 0.3) is 0 Å². The molecule has 0 aromatic carbocycles. The van der Waals surface area contributed by atoms with E-state index in [0.29, 0.717) is 6.10 Å². The van der Waals surface area contributed by atoms with E-state index < -0.39 is 0 Å². The zero-order valence-corrected chi connectivity index (χ0v) is 5.99. The van der Waals surface area contributed by atoms with Gasteiger partial charge in [-0.15, -0.1) is 11.8 Å². The van der Waals surface area contributed by atoms with Crippen molar-refractivity contribution in [2.45, 2.75) is 20.0 Å². The molecule has 1 heterocycles. The predicted octanol–water partition coefficient (Wildman–Crippen LogP) is 2.00. The highest BCUT2D eigenvalue weighted by atomic mass is 32.2. The van der Waals surface area contributed by atoms with E-state index >= 15 is 0 Å². The lowest BCUT2D eigenvalue weighted by Crippen LogP contribution is -2.10. The van der Waals surface area contributed by atoms with E-state index in [2.05, 4.69) is 13.8 Å². The summed E-state index contributed by atoms with van der Waals surface area (Å²) in [7, 11) is 0. The van der Waals surface area contributed by atoms with Gasteiger partial charge in [-0.2, -0.15) is 0 Å². The number of ether oxygens (including phenoxy) is 1. The van der Waals surface area contributed by atoms with Gasteiger partial charge < -0.3 is 4.74 Å². The topological polar surface area (TPSA) is 9.23 Å². The molecule has 0 saturated heterocycles. The van der Waals surface area contributed by atoms with Crippen molar-refractivity contribution >= 4 is 11.8 Å². The van der Waals surface area contributed by atoms with Gasteiger partial charge in [-0.3, -0.25) is 0 Å². The highest BCUT2D eigenvalue weighted by Gasteiger charge is 2.06. The summed E-state index contributed by atoms with van der Waals surface area (Å²) < 4.78 is 5.21. The van der Waals surface area contributed by atoms with Gasteiger partial charge in [-0.25, -0.2) is 0 Å². The smallest absolute Gasteiger partial charge is 0.104 e. The minimum absolute atomic E-state index is 0.406. The van der Waals surface area contributed by atoms with Gasteiger partial charge in [-0.1, -0.05) is 0 Å². The molecule has 0 aromatic rings. The first-order valence-corrected chi connectivity index (χ1v) is 3.72. The molecular weight excluding hydrogens is 120 g/mol. The Morgan fingerprint density at radius 2 is 2.62 bits per heavy atom. The Morgan fingerprint density at radius 3 is 3.00 bits per heavy atom. The molecule has 0 radical (unpaired) electrons. The summed E-state index contributed by atoms with van der Waals surface area (Å²) >= 11 is 1.86. The van der Waals surface area contributed by atoms with Gasteiger partial charge in [-0.05, 0) is 13.8 Å². The highest BCUT2D eigenvalue weighted by Crippen LogP contribution is 2.21. The SMILES string of the molecule is CC1=COC(C)CS1. The van der Waals surface area contributed by atoms with Gasteiger partial charge in [0.1, 0.15) is 6.10 Å². The average molecular weight is 130 g/mol. The van der Waals surface area contributed by atoms with E-state index in [-0.39, 0.29) is 0 Å². The highest BCUT2D eigenvalue weighted by molar-refractivity contribution is 8.03. The third kappa shape index (κ3) is 1.44. The van der Waals surface area contributed by atoms with Crippen molar-refractivity contribution < 1.29 is 4.74 Å². The fraction of sp³-hybridized carbons (Fsp3) is 0.667. The first kappa shape index (κ1) is 6.02. The third-order valence-corrected chi connectivity index (χ3v) is 2.20. The van der Waals surface area contributed by atoms with Crippen LogP contribution in [-0.4, -0.2) is 11.9 Å². The molecule has 0 N–H and O–H groups in total. The number of allylic oxidation sites excluding steroid dienone is 1. The molecule has 1 atom stereocenters. The van der Waals surface area contributed by atoms with Crippen LogP contribution >= 0.6 is 11.8 Å². The predicted molar refractivity (Wildman–Crippen MR) is 36.8 cm³/mol. The minimum atomic E-state index is 0.406. The standard InChI is InChI=1S/C6H10OS/c1-5-4-8-6(2)3-7-5/h3,5H,4H2,1-2H3. The van der Waals surface area contributed by atoms with E-state index in [4.69, 9.17) is 4.74 Å². The number of hydrogen-bond acceptors (Lipinski definition) is 2. The van der Waals surface area contributed by atoms with Gasteiger partial charge in [0.25, 0.3) is 0 Å². The lowest BCUT2D eigenvalue weighted by molar-refractivity contribution is 0.179. The molecule has 46 valence electrons. The van der Waals surface area contributed by atoms with Crippen LogP contribution in [0.1, 0.15) is 13.8 Å². The van der Waals surface area contributed by atoms with Crippen LogP contribution in [0.2, 0.25) is 0 Å². The Morgan fingerprint density at radius 1 is 1.88 bits per heavy atom. The Labute approximate surface area is 54.1 Å². The maximum Gasteiger partial charge on any atom is 0.104 e. The van der Waals surface area contributed by atoms with Crippen LogP contribution in [0.15, 0.2) is 11.2 Å². The molecule has 1 unspecified atom stereocenters. The van der Waals surface area contributed by atoms with Gasteiger partial charge in [0.15, 0.2) is 0 Å². The van der Waals surface area contributed by atoms with E-state index in [0.717, 1.165) is 5.75 Å². The fourth-order valence-electron chi connectivity index (χ4n) is 0.534. The zero-order valence-electron chi connectivity index (χ0n) is 5.18. The van der Waals surface area contributed by atoms with E-state index in [9.17, 15) is 0 Å². The molecule has 0 spiro atoms. The number of hydrogen-bond donors (Lipinski definition) is 0. The van der Waals surface area contributed by atoms with Crippen LogP contribution in [0, 0.1) is 0 Å². The minimum Gasteiger partial charge on any atom is -0.497 e. The summed E-state index contributed by atoms with van der Waals surface area (Å²) in [6, 6.07) is 0. The molecule has 1 nitrogen and oxygen atoms in total. The number of thioether (sulfide) groups is 1. The van der Waals surface area contributed by atoms with E-state index in [1.807, 2.05) is 18.0 Å². The van der Waals surface area contributed by atoms with Crippen LogP contribution in [0.4, 0.5) is 0 Å². The first-order valence-electron chi connectivity index (χ1n) is 2.74. The fourth-order valence-corrected chi connectivity index (χ4v) is 1.23. The lowest BCUT2D eigenvalue weighted by Gasteiger charge is -2.16. The Balaban J connectivity index is 2.42. The quantitative estimate of drug-likeness (QED) is 0.496. The Kier molecular flexibility index (Phi) is 1.84. The van der Waals surface area contributed by atoms with Crippen molar-refractivity contribution in [3.63, 3.8) is 0 Å². The molecule has 8 heavy (non-hydrogen) atoms. The summed E-state index contributed by atoms with van der Waals surface area (Å²) in [5.41, 5.74) is 0. The molecule has 0 bridgehead atoms. The van der Waals surface area contributed by atoms with Crippen LogP contribution < -0.4 is 0 Å². The lowest BCUT2D eigenvalue weighted by atomic mass is 10.5. The van der Waals surface area contributed by atoms with Crippen LogP contribution in [0.3, 0.4) is 0 Å². The molecule has 1 aliphatic rings. The molecule has 2 heteroatoms. The largest absolute Gasteiger partial charge is 0.497 e. The van der Waals surface area contributed by atoms with E-state index in [1.54, 1.807) is 0 Å². The van der Waals surface area contributed by atoms with Crippen LogP contribution in [0.5, 0.6) is 0 Å². The molecular formula is C6H10OS. The monoisotopic (exact) mass is 130 g/mol. The summed E-state index contributed by atoms with van der Waals surface area (Å²) in [6.07, 6.45) is 2.24. The second kappa shape index (κ2) is 2.44. The number of rotatable bonds is 0. The molecule has 1 rings (SSSR count). The average Bonchev–Trinajstić information content (AvgIpc) is 1.77. The van der Waals surface area contributed by atoms with Crippen molar-refractivity contribution in [1.29, 1.82) is 0 Å². The maximum atomic E-state index is 5.21. The molecule has 0 amide bonds. The van der Waals surface area contributed by atoms with Gasteiger partial charge in [0, 0.05) is 10.7 Å². The summed E-state index contributed by atoms with van der Waals surface area (Å²) in [4.78, 5) is 1.28. The maximum absolute atomic E-state index is 5.21. The van der Waals surface area contributed by atoms with E-state index in [1.165, 1.54) is 4.91 Å². The summed E-state index contributed by atoms with van der Waals surface area (Å²) in [6.45, 7) is 4.15. The summed E-state index contributed by atoms with van der Waals surface area (Å²) in [5.74, 6) is 1.10. The molecule has 0 aromatic heterocycles. The molecule has 1 aliphatic heterocycles. The normalized spacial score (nSPS) is 28.8. The van der Waals surface area contributed by atoms with Crippen molar-refractivity contribution in [3.05, 3.63) is 11.2 Å². The molecule has 0 fully saturated rings. The molecule has 0 aliphatic carbocycles. The Hall–Kier alpha value is -0.110. The van der Waals surface area contributed by atoms with Gasteiger partial charge >= 0.3 is 0 Å². The first-order chi connectivity index (χ1) is 3.79. The molecule has 0 saturated carbocycles. The second-order valence-corrected chi connectivity index (χ2v) is 3.25. The van der Waals surface area contributed by atoms with Crippen molar-refractivity contribution in [2.24, 2.45) is 0 Å². The van der Waals surface area contributed by atoms with Crippen LogP contribution in [-0.2, 0) is 4.74 Å². The summed E-state index contributed by atoms with van der Waals surface area (Å²) in [5, 5.41) is 0. The third-order valence-electron chi connectivity index (χ3n) is 1.01. The van der Waals surface area contributed by atoms with Crippen molar-refractivity contribution in [2.75, 3.05) is 5.75 Å². The zero-order chi connectivity index (χ0) is 5.98. The Bertz CT molecular complexity index is 109. The van der Waals surface area contributed by atoms with Crippen molar-refractivity contribution in [1.82, 2.24) is 0 Å². The van der Waals surface area contributed by atoms with Gasteiger partial charge in [0.2, 0.25) is 0 Å². The second-order valence-electron chi connectivity index (χ2n) is 1.99. The van der Waals surface area contributed by atoms with Gasteiger partial charge in [0.05, 0.1) is 6.26 Å². The van der Waals surface area contributed by atoms with Crippen molar-refractivity contribution in [3.8, 4) is 0 Å².